The number of nitrogens with two attached hydrogens (primary N) is 1. The minimum absolute atomic E-state index is 0.439. The third-order valence-electron chi connectivity index (χ3n) is 4.60. The second-order valence-electron chi connectivity index (χ2n) is 6.16. The predicted octanol–water partition coefficient (Wildman–Crippen LogP) is 3.79. The standard InChI is InChI=1S/C18H24N2/c1-20(13-14-9-11-16(19)12-10-14)18-8-4-6-15-5-2-3-7-17(15)18/h2-8,14,16H,9-13,19H2,1H3. The summed E-state index contributed by atoms with van der Waals surface area (Å²) in [5.41, 5.74) is 7.35. The molecule has 0 heterocycles. The average molecular weight is 268 g/mol. The second-order valence-corrected chi connectivity index (χ2v) is 6.16. The first kappa shape index (κ1) is 13.4. The highest BCUT2D eigenvalue weighted by Crippen LogP contribution is 2.29. The van der Waals surface area contributed by atoms with Gasteiger partial charge in [0, 0.05) is 30.7 Å². The minimum Gasteiger partial charge on any atom is -0.374 e. The third-order valence-corrected chi connectivity index (χ3v) is 4.60. The molecule has 0 spiro atoms. The summed E-state index contributed by atoms with van der Waals surface area (Å²) >= 11 is 0. The Kier molecular flexibility index (Phi) is 3.93. The SMILES string of the molecule is CN(CC1CCC(N)CC1)c1cccc2ccccc12. The van der Waals surface area contributed by atoms with Crippen molar-refractivity contribution in [1.29, 1.82) is 0 Å². The summed E-state index contributed by atoms with van der Waals surface area (Å²) in [5, 5.41) is 2.67. The van der Waals surface area contributed by atoms with E-state index in [-0.39, 0.29) is 0 Å². The molecule has 0 aromatic heterocycles. The lowest BCUT2D eigenvalue weighted by atomic mass is 9.86. The summed E-state index contributed by atoms with van der Waals surface area (Å²) < 4.78 is 0. The van der Waals surface area contributed by atoms with Crippen molar-refractivity contribution in [3.63, 3.8) is 0 Å². The maximum absolute atomic E-state index is 6.00. The van der Waals surface area contributed by atoms with Crippen LogP contribution in [-0.4, -0.2) is 19.6 Å². The number of hydrogen-bond donors (Lipinski definition) is 1. The smallest absolute Gasteiger partial charge is 0.0443 e. The van der Waals surface area contributed by atoms with E-state index in [0.29, 0.717) is 6.04 Å². The van der Waals surface area contributed by atoms with Crippen molar-refractivity contribution in [3.05, 3.63) is 42.5 Å². The zero-order valence-electron chi connectivity index (χ0n) is 12.3. The van der Waals surface area contributed by atoms with Crippen molar-refractivity contribution in [1.82, 2.24) is 0 Å². The van der Waals surface area contributed by atoms with E-state index in [1.807, 2.05) is 0 Å². The molecule has 0 atom stereocenters. The molecule has 0 saturated heterocycles. The average Bonchev–Trinajstić information content (AvgIpc) is 2.49. The highest BCUT2D eigenvalue weighted by Gasteiger charge is 2.20. The van der Waals surface area contributed by atoms with E-state index in [1.165, 1.54) is 42.1 Å². The van der Waals surface area contributed by atoms with Crippen LogP contribution in [0, 0.1) is 5.92 Å². The number of hydrogen-bond acceptors (Lipinski definition) is 2. The Balaban J connectivity index is 1.77. The lowest BCUT2D eigenvalue weighted by Gasteiger charge is -2.31. The first-order valence-electron chi connectivity index (χ1n) is 7.68. The monoisotopic (exact) mass is 268 g/mol. The molecule has 0 amide bonds. The Morgan fingerprint density at radius 3 is 2.50 bits per heavy atom. The Hall–Kier alpha value is -1.54. The molecule has 2 N–H and O–H groups in total. The molecule has 106 valence electrons. The van der Waals surface area contributed by atoms with Crippen molar-refractivity contribution < 1.29 is 0 Å². The van der Waals surface area contributed by atoms with Crippen LogP contribution in [0.5, 0.6) is 0 Å². The Bertz CT molecular complexity index is 565. The van der Waals surface area contributed by atoms with Gasteiger partial charge in [0.2, 0.25) is 0 Å². The van der Waals surface area contributed by atoms with Gasteiger partial charge in [-0.2, -0.15) is 0 Å². The van der Waals surface area contributed by atoms with E-state index in [2.05, 4.69) is 54.4 Å². The molecule has 2 heteroatoms. The first-order chi connectivity index (χ1) is 9.74. The fourth-order valence-corrected chi connectivity index (χ4v) is 3.40. The summed E-state index contributed by atoms with van der Waals surface area (Å²) in [5.74, 6) is 0.791. The number of benzene rings is 2. The van der Waals surface area contributed by atoms with Gasteiger partial charge in [-0.3, -0.25) is 0 Å². The summed E-state index contributed by atoms with van der Waals surface area (Å²) in [6, 6.07) is 15.7. The topological polar surface area (TPSA) is 29.3 Å². The molecule has 2 nitrogen and oxygen atoms in total. The van der Waals surface area contributed by atoms with E-state index in [0.717, 1.165) is 12.5 Å². The van der Waals surface area contributed by atoms with Crippen LogP contribution in [0.25, 0.3) is 10.8 Å². The lowest BCUT2D eigenvalue weighted by Crippen LogP contribution is -2.32. The van der Waals surface area contributed by atoms with Gasteiger partial charge >= 0.3 is 0 Å². The molecule has 3 rings (SSSR count). The quantitative estimate of drug-likeness (QED) is 0.917. The predicted molar refractivity (Wildman–Crippen MR) is 87.2 cm³/mol. The van der Waals surface area contributed by atoms with E-state index in [9.17, 15) is 0 Å². The van der Waals surface area contributed by atoms with Crippen LogP contribution in [0.2, 0.25) is 0 Å². The molecule has 0 radical (unpaired) electrons. The van der Waals surface area contributed by atoms with Gasteiger partial charge in [-0.15, -0.1) is 0 Å². The Labute approximate surface area is 121 Å². The molecule has 0 aliphatic heterocycles. The van der Waals surface area contributed by atoms with Crippen LogP contribution in [0.4, 0.5) is 5.69 Å². The van der Waals surface area contributed by atoms with Gasteiger partial charge in [-0.1, -0.05) is 36.4 Å². The Morgan fingerprint density at radius 1 is 1.00 bits per heavy atom. The van der Waals surface area contributed by atoms with Crippen molar-refractivity contribution >= 4 is 16.5 Å². The van der Waals surface area contributed by atoms with Gasteiger partial charge in [-0.25, -0.2) is 0 Å². The maximum Gasteiger partial charge on any atom is 0.0443 e. The second kappa shape index (κ2) is 5.84. The minimum atomic E-state index is 0.439. The van der Waals surface area contributed by atoms with Crippen molar-refractivity contribution in [2.24, 2.45) is 11.7 Å². The van der Waals surface area contributed by atoms with Gasteiger partial charge in [0.05, 0.1) is 0 Å². The summed E-state index contributed by atoms with van der Waals surface area (Å²) in [7, 11) is 2.22. The fourth-order valence-electron chi connectivity index (χ4n) is 3.40. The molecule has 2 aromatic rings. The zero-order valence-corrected chi connectivity index (χ0v) is 12.3. The van der Waals surface area contributed by atoms with Crippen molar-refractivity contribution in [2.75, 3.05) is 18.5 Å². The maximum atomic E-state index is 6.00. The van der Waals surface area contributed by atoms with Crippen LogP contribution in [0.1, 0.15) is 25.7 Å². The molecular formula is C18H24N2. The molecular weight excluding hydrogens is 244 g/mol. The molecule has 2 aromatic carbocycles. The molecule has 1 aliphatic carbocycles. The molecule has 20 heavy (non-hydrogen) atoms. The molecule has 1 fully saturated rings. The third kappa shape index (κ3) is 2.80. The van der Waals surface area contributed by atoms with E-state index in [1.54, 1.807) is 0 Å². The molecule has 1 saturated carbocycles. The fraction of sp³-hybridized carbons (Fsp3) is 0.444. The number of rotatable bonds is 3. The summed E-state index contributed by atoms with van der Waals surface area (Å²) in [6.45, 7) is 1.14. The van der Waals surface area contributed by atoms with Crippen LogP contribution in [-0.2, 0) is 0 Å². The van der Waals surface area contributed by atoms with Crippen LogP contribution >= 0.6 is 0 Å². The van der Waals surface area contributed by atoms with Crippen molar-refractivity contribution in [2.45, 2.75) is 31.7 Å². The zero-order chi connectivity index (χ0) is 13.9. The highest BCUT2D eigenvalue weighted by atomic mass is 15.1. The van der Waals surface area contributed by atoms with Gasteiger partial charge in [0.25, 0.3) is 0 Å². The van der Waals surface area contributed by atoms with E-state index in [4.69, 9.17) is 5.73 Å². The van der Waals surface area contributed by atoms with Gasteiger partial charge in [0.15, 0.2) is 0 Å². The molecule has 1 aliphatic rings. The van der Waals surface area contributed by atoms with Crippen LogP contribution in [0.15, 0.2) is 42.5 Å². The largest absolute Gasteiger partial charge is 0.374 e. The van der Waals surface area contributed by atoms with E-state index >= 15 is 0 Å². The van der Waals surface area contributed by atoms with Gasteiger partial charge in [0.1, 0.15) is 0 Å². The normalized spacial score (nSPS) is 22.9. The Morgan fingerprint density at radius 2 is 1.70 bits per heavy atom. The molecule has 0 unspecified atom stereocenters. The number of fused-ring (bicyclic) bond motifs is 1. The van der Waals surface area contributed by atoms with Gasteiger partial charge < -0.3 is 10.6 Å². The first-order valence-corrected chi connectivity index (χ1v) is 7.68. The number of nitrogens with zero attached hydrogens (tertiary/aromatic N) is 1. The van der Waals surface area contributed by atoms with Crippen LogP contribution < -0.4 is 10.6 Å². The van der Waals surface area contributed by atoms with Crippen molar-refractivity contribution in [3.8, 4) is 0 Å². The summed E-state index contributed by atoms with van der Waals surface area (Å²) in [6.07, 6.45) is 4.93. The van der Waals surface area contributed by atoms with Gasteiger partial charge in [-0.05, 0) is 43.1 Å². The number of anilines is 1. The van der Waals surface area contributed by atoms with E-state index < -0.39 is 0 Å². The van der Waals surface area contributed by atoms with Crippen LogP contribution in [0.3, 0.4) is 0 Å². The highest BCUT2D eigenvalue weighted by molar-refractivity contribution is 5.94. The lowest BCUT2D eigenvalue weighted by molar-refractivity contribution is 0.330. The molecule has 0 bridgehead atoms. The summed E-state index contributed by atoms with van der Waals surface area (Å²) in [4.78, 5) is 2.42.